The summed E-state index contributed by atoms with van der Waals surface area (Å²) in [5.41, 5.74) is 1.31. The van der Waals surface area contributed by atoms with Crippen molar-refractivity contribution < 1.29 is 29.3 Å². The van der Waals surface area contributed by atoms with E-state index in [9.17, 15) is 4.79 Å². The lowest BCUT2D eigenvalue weighted by atomic mass is 9.94. The molecule has 8 nitrogen and oxygen atoms in total. The molecule has 0 atom stereocenters. The van der Waals surface area contributed by atoms with E-state index in [4.69, 9.17) is 24.5 Å². The van der Waals surface area contributed by atoms with Crippen molar-refractivity contribution in [2.45, 2.75) is 64.0 Å². The van der Waals surface area contributed by atoms with E-state index in [1.807, 2.05) is 12.1 Å². The van der Waals surface area contributed by atoms with Crippen LogP contribution < -0.4 is 10.1 Å². The van der Waals surface area contributed by atoms with Crippen LogP contribution in [0.2, 0.25) is 0 Å². The van der Waals surface area contributed by atoms with E-state index in [2.05, 4.69) is 22.3 Å². The second-order valence-corrected chi connectivity index (χ2v) is 8.21. The summed E-state index contributed by atoms with van der Waals surface area (Å²) >= 11 is 0. The number of ether oxygens (including phenoxy) is 1. The maximum absolute atomic E-state index is 12.6. The first-order valence-electron chi connectivity index (χ1n) is 11.0. The van der Waals surface area contributed by atoms with Crippen LogP contribution in [-0.2, 0) is 20.9 Å². The monoisotopic (exact) mass is 434 g/mol. The number of benzene rings is 1. The average Bonchev–Trinajstić information content (AvgIpc) is 3.04. The van der Waals surface area contributed by atoms with Crippen LogP contribution in [0.5, 0.6) is 5.75 Å². The Bertz CT molecular complexity index is 693. The molecular weight excluding hydrogens is 400 g/mol. The number of nitrogens with one attached hydrogen (secondary N) is 1. The van der Waals surface area contributed by atoms with E-state index < -0.39 is 11.9 Å². The number of carboxylic acids is 2. The minimum absolute atomic E-state index is 0.204. The molecule has 0 radical (unpaired) electrons. The van der Waals surface area contributed by atoms with Gasteiger partial charge in [-0.1, -0.05) is 37.8 Å². The van der Waals surface area contributed by atoms with Gasteiger partial charge in [-0.15, -0.1) is 0 Å². The van der Waals surface area contributed by atoms with Crippen molar-refractivity contribution in [1.29, 1.82) is 0 Å². The van der Waals surface area contributed by atoms with Crippen molar-refractivity contribution in [2.75, 3.05) is 20.2 Å². The van der Waals surface area contributed by atoms with Gasteiger partial charge in [0.1, 0.15) is 5.75 Å². The molecule has 1 heterocycles. The summed E-state index contributed by atoms with van der Waals surface area (Å²) in [5.74, 6) is -2.24. The standard InChI is InChI=1S/C21H32N2O2.C2H2O4/c1-25-20-10-8-17(9-11-20)16-23-14-12-18(13-15-23)21(24)22-19-6-4-2-3-5-7-19;3-1(4)2(5)6/h8-11,18-19H,2-7,12-16H2,1H3,(H,22,24);(H,3,4)(H,5,6). The number of hydrogen-bond donors (Lipinski definition) is 3. The molecule has 3 rings (SSSR count). The Morgan fingerprint density at radius 1 is 0.935 bits per heavy atom. The number of carbonyl (C=O) groups excluding carboxylic acids is 1. The van der Waals surface area contributed by atoms with Gasteiger partial charge in [0.2, 0.25) is 5.91 Å². The Morgan fingerprint density at radius 3 is 1.97 bits per heavy atom. The molecule has 1 amide bonds. The smallest absolute Gasteiger partial charge is 0.414 e. The van der Waals surface area contributed by atoms with Gasteiger partial charge in [0, 0.05) is 18.5 Å². The van der Waals surface area contributed by atoms with E-state index in [0.717, 1.165) is 38.2 Å². The highest BCUT2D eigenvalue weighted by Crippen LogP contribution is 2.22. The third-order valence-corrected chi connectivity index (χ3v) is 5.91. The fourth-order valence-electron chi connectivity index (χ4n) is 4.09. The van der Waals surface area contributed by atoms with E-state index in [0.29, 0.717) is 11.9 Å². The van der Waals surface area contributed by atoms with Gasteiger partial charge >= 0.3 is 11.9 Å². The highest BCUT2D eigenvalue weighted by Gasteiger charge is 2.26. The number of hydrogen-bond acceptors (Lipinski definition) is 5. The largest absolute Gasteiger partial charge is 0.497 e. The van der Waals surface area contributed by atoms with Crippen molar-refractivity contribution in [2.24, 2.45) is 5.92 Å². The number of nitrogens with zero attached hydrogens (tertiary/aromatic N) is 1. The zero-order valence-electron chi connectivity index (χ0n) is 18.2. The number of aliphatic carboxylic acids is 2. The van der Waals surface area contributed by atoms with E-state index in [-0.39, 0.29) is 5.92 Å². The Balaban J connectivity index is 0.000000501. The summed E-state index contributed by atoms with van der Waals surface area (Å²) in [7, 11) is 1.69. The van der Waals surface area contributed by atoms with Crippen molar-refractivity contribution in [3.63, 3.8) is 0 Å². The lowest BCUT2D eigenvalue weighted by molar-refractivity contribution is -0.159. The summed E-state index contributed by atoms with van der Waals surface area (Å²) in [6.45, 7) is 2.98. The molecule has 2 aliphatic rings. The first kappa shape index (κ1) is 24.7. The number of methoxy groups -OCH3 is 1. The summed E-state index contributed by atoms with van der Waals surface area (Å²) in [6.07, 6.45) is 9.50. The Labute approximate surface area is 183 Å². The highest BCUT2D eigenvalue weighted by atomic mass is 16.5. The van der Waals surface area contributed by atoms with Gasteiger partial charge in [-0.05, 0) is 56.5 Å². The molecule has 0 aromatic heterocycles. The van der Waals surface area contributed by atoms with Gasteiger partial charge in [0.05, 0.1) is 7.11 Å². The highest BCUT2D eigenvalue weighted by molar-refractivity contribution is 6.27. The molecule has 1 aromatic rings. The second-order valence-electron chi connectivity index (χ2n) is 8.21. The van der Waals surface area contributed by atoms with Crippen LogP contribution >= 0.6 is 0 Å². The minimum atomic E-state index is -1.82. The molecule has 1 aromatic carbocycles. The van der Waals surface area contributed by atoms with Crippen LogP contribution in [-0.4, -0.2) is 59.2 Å². The molecule has 1 aliphatic heterocycles. The van der Waals surface area contributed by atoms with Gasteiger partial charge in [-0.25, -0.2) is 9.59 Å². The first-order valence-corrected chi connectivity index (χ1v) is 11.0. The zero-order valence-corrected chi connectivity index (χ0v) is 18.2. The summed E-state index contributed by atoms with van der Waals surface area (Å²) < 4.78 is 5.21. The normalized spacial score (nSPS) is 18.2. The van der Waals surface area contributed by atoms with Gasteiger partial charge in [0.25, 0.3) is 0 Å². The topological polar surface area (TPSA) is 116 Å². The van der Waals surface area contributed by atoms with Crippen LogP contribution in [0.3, 0.4) is 0 Å². The Morgan fingerprint density at radius 2 is 1.48 bits per heavy atom. The third kappa shape index (κ3) is 8.96. The number of carbonyl (C=O) groups is 3. The van der Waals surface area contributed by atoms with Crippen LogP contribution in [0.4, 0.5) is 0 Å². The molecule has 8 heteroatoms. The molecule has 1 saturated heterocycles. The number of amides is 1. The quantitative estimate of drug-likeness (QED) is 0.482. The Hall–Kier alpha value is -2.61. The first-order chi connectivity index (χ1) is 14.9. The maximum atomic E-state index is 12.6. The van der Waals surface area contributed by atoms with E-state index in [1.54, 1.807) is 7.11 Å². The van der Waals surface area contributed by atoms with Crippen molar-refractivity contribution in [3.8, 4) is 5.75 Å². The summed E-state index contributed by atoms with van der Waals surface area (Å²) in [4.78, 5) is 33.2. The number of piperidine rings is 1. The molecule has 3 N–H and O–H groups in total. The maximum Gasteiger partial charge on any atom is 0.414 e. The van der Waals surface area contributed by atoms with Crippen LogP contribution in [0, 0.1) is 5.92 Å². The van der Waals surface area contributed by atoms with Gasteiger partial charge in [-0.3, -0.25) is 9.69 Å². The van der Waals surface area contributed by atoms with Gasteiger partial charge in [-0.2, -0.15) is 0 Å². The molecule has 1 aliphatic carbocycles. The molecule has 0 bridgehead atoms. The summed E-state index contributed by atoms with van der Waals surface area (Å²) in [6, 6.07) is 8.71. The lowest BCUT2D eigenvalue weighted by Crippen LogP contribution is -2.43. The summed E-state index contributed by atoms with van der Waals surface area (Å²) in [5, 5.41) is 18.1. The fraction of sp³-hybridized carbons (Fsp3) is 0.609. The molecule has 1 saturated carbocycles. The molecule has 0 spiro atoms. The molecule has 0 unspecified atom stereocenters. The molecule has 31 heavy (non-hydrogen) atoms. The zero-order chi connectivity index (χ0) is 22.6. The second kappa shape index (κ2) is 12.9. The van der Waals surface area contributed by atoms with E-state index in [1.165, 1.54) is 44.1 Å². The SMILES string of the molecule is COc1ccc(CN2CCC(C(=O)NC3CCCCCC3)CC2)cc1.O=C(O)C(=O)O. The van der Waals surface area contributed by atoms with Crippen molar-refractivity contribution >= 4 is 17.8 Å². The number of rotatable bonds is 5. The molecular formula is C23H34N2O6. The van der Waals surface area contributed by atoms with Gasteiger partial charge < -0.3 is 20.3 Å². The number of carboxylic acid groups (broad SMARTS) is 2. The van der Waals surface area contributed by atoms with Crippen LogP contribution in [0.15, 0.2) is 24.3 Å². The van der Waals surface area contributed by atoms with Crippen LogP contribution in [0.1, 0.15) is 56.9 Å². The number of likely N-dealkylation sites (tertiary alicyclic amines) is 1. The molecule has 172 valence electrons. The Kier molecular flexibility index (Phi) is 10.3. The molecule has 2 fully saturated rings. The van der Waals surface area contributed by atoms with E-state index >= 15 is 0 Å². The lowest BCUT2D eigenvalue weighted by Gasteiger charge is -2.32. The van der Waals surface area contributed by atoms with Gasteiger partial charge in [0.15, 0.2) is 0 Å². The minimum Gasteiger partial charge on any atom is -0.497 e. The third-order valence-electron chi connectivity index (χ3n) is 5.91. The fourth-order valence-corrected chi connectivity index (χ4v) is 4.09. The van der Waals surface area contributed by atoms with Crippen molar-refractivity contribution in [3.05, 3.63) is 29.8 Å². The predicted molar refractivity (Wildman–Crippen MR) is 116 cm³/mol. The average molecular weight is 435 g/mol. The van der Waals surface area contributed by atoms with Crippen molar-refractivity contribution in [1.82, 2.24) is 10.2 Å². The predicted octanol–water partition coefficient (Wildman–Crippen LogP) is 2.90. The van der Waals surface area contributed by atoms with Crippen LogP contribution in [0.25, 0.3) is 0 Å².